The van der Waals surface area contributed by atoms with Gasteiger partial charge >= 0.3 is 0 Å². The minimum Gasteiger partial charge on any atom is -0.457 e. The van der Waals surface area contributed by atoms with Crippen LogP contribution in [0.1, 0.15) is 23.2 Å². The number of amides is 1. The minimum absolute atomic E-state index is 0.0409. The van der Waals surface area contributed by atoms with Crippen molar-refractivity contribution >= 4 is 5.91 Å². The van der Waals surface area contributed by atoms with E-state index in [1.807, 2.05) is 0 Å². The molecule has 0 spiro atoms. The van der Waals surface area contributed by atoms with Crippen molar-refractivity contribution in [1.82, 2.24) is 10.2 Å². The van der Waals surface area contributed by atoms with Crippen molar-refractivity contribution in [1.29, 1.82) is 0 Å². The van der Waals surface area contributed by atoms with E-state index >= 15 is 0 Å². The fourth-order valence-electron chi connectivity index (χ4n) is 3.75. The first kappa shape index (κ1) is 16.1. The molecule has 0 radical (unpaired) electrons. The van der Waals surface area contributed by atoms with Crippen molar-refractivity contribution in [3.8, 4) is 11.5 Å². The molecule has 0 aromatic heterocycles. The molecule has 0 aliphatic carbocycles. The Hall–Kier alpha value is -2.40. The Kier molecular flexibility index (Phi) is 4.40. The van der Waals surface area contributed by atoms with Crippen molar-refractivity contribution in [2.24, 2.45) is 5.92 Å². The normalized spacial score (nSPS) is 24.8. The molecule has 1 unspecified atom stereocenters. The largest absolute Gasteiger partial charge is 0.457 e. The zero-order valence-corrected chi connectivity index (χ0v) is 14.0. The zero-order chi connectivity index (χ0) is 17.2. The second-order valence-electron chi connectivity index (χ2n) is 6.90. The maximum absolute atomic E-state index is 12.9. The summed E-state index contributed by atoms with van der Waals surface area (Å²) in [7, 11) is 0. The summed E-state index contributed by atoms with van der Waals surface area (Å²) in [5.41, 5.74) is 0.624. The van der Waals surface area contributed by atoms with Crippen LogP contribution in [0.2, 0.25) is 0 Å². The van der Waals surface area contributed by atoms with E-state index in [1.54, 1.807) is 36.4 Å². The van der Waals surface area contributed by atoms with Crippen LogP contribution >= 0.6 is 0 Å². The fraction of sp³-hybridized carbons (Fsp3) is 0.350. The molecule has 2 fully saturated rings. The van der Waals surface area contributed by atoms with Crippen LogP contribution in [-0.4, -0.2) is 36.5 Å². The van der Waals surface area contributed by atoms with Gasteiger partial charge in [0.2, 0.25) is 0 Å². The highest BCUT2D eigenvalue weighted by Crippen LogP contribution is 2.27. The van der Waals surface area contributed by atoms with Gasteiger partial charge in [0.25, 0.3) is 5.91 Å². The number of halogens is 1. The van der Waals surface area contributed by atoms with Gasteiger partial charge in [0, 0.05) is 24.7 Å². The first-order chi connectivity index (χ1) is 12.2. The average Bonchev–Trinajstić information content (AvgIpc) is 2.96. The summed E-state index contributed by atoms with van der Waals surface area (Å²) in [4.78, 5) is 14.9. The number of ether oxygens (including phenoxy) is 1. The molecule has 25 heavy (non-hydrogen) atoms. The number of fused-ring (bicyclic) bond motifs is 2. The predicted molar refractivity (Wildman–Crippen MR) is 93.3 cm³/mol. The lowest BCUT2D eigenvalue weighted by molar-refractivity contribution is 0.0909. The third-order valence-corrected chi connectivity index (χ3v) is 4.97. The van der Waals surface area contributed by atoms with Gasteiger partial charge in [-0.2, -0.15) is 0 Å². The molecule has 2 aliphatic heterocycles. The van der Waals surface area contributed by atoms with Crippen LogP contribution < -0.4 is 10.1 Å². The van der Waals surface area contributed by atoms with Gasteiger partial charge in [-0.1, -0.05) is 0 Å². The van der Waals surface area contributed by atoms with Gasteiger partial charge < -0.3 is 15.0 Å². The Morgan fingerprint density at radius 1 is 1.04 bits per heavy atom. The van der Waals surface area contributed by atoms with Gasteiger partial charge in [-0.15, -0.1) is 0 Å². The summed E-state index contributed by atoms with van der Waals surface area (Å²) in [5.74, 6) is 1.56. The number of rotatable bonds is 4. The highest BCUT2D eigenvalue weighted by atomic mass is 19.1. The standard InChI is InChI=1S/C20H21FN2O2/c21-16-3-7-19(8-4-16)25-18-5-1-15(2-6-18)20(24)22-17-11-14-9-10-23(12-14)13-17/h1-8,14,17H,9-13H2,(H,22,24)/t14-,17+/m0/s1. The first-order valence-electron chi connectivity index (χ1n) is 8.72. The number of benzene rings is 2. The predicted octanol–water partition coefficient (Wildman–Crippen LogP) is 3.44. The van der Waals surface area contributed by atoms with Crippen molar-refractivity contribution in [2.75, 3.05) is 19.6 Å². The van der Waals surface area contributed by atoms with Crippen LogP contribution in [0.3, 0.4) is 0 Å². The number of carbonyl (C=O) groups excluding carboxylic acids is 1. The van der Waals surface area contributed by atoms with E-state index in [1.165, 1.54) is 25.1 Å². The zero-order valence-electron chi connectivity index (χ0n) is 14.0. The molecule has 1 amide bonds. The second kappa shape index (κ2) is 6.84. The minimum atomic E-state index is -0.299. The lowest BCUT2D eigenvalue weighted by atomic mass is 9.96. The van der Waals surface area contributed by atoms with Crippen molar-refractivity contribution < 1.29 is 13.9 Å². The van der Waals surface area contributed by atoms with Crippen LogP contribution in [0, 0.1) is 11.7 Å². The molecule has 0 saturated carbocycles. The molecule has 2 heterocycles. The highest BCUT2D eigenvalue weighted by molar-refractivity contribution is 5.94. The van der Waals surface area contributed by atoms with E-state index in [0.717, 1.165) is 25.4 Å². The molecule has 2 saturated heterocycles. The number of hydrogen-bond acceptors (Lipinski definition) is 3. The van der Waals surface area contributed by atoms with Crippen LogP contribution in [-0.2, 0) is 0 Å². The van der Waals surface area contributed by atoms with E-state index in [9.17, 15) is 9.18 Å². The van der Waals surface area contributed by atoms with E-state index in [0.29, 0.717) is 17.1 Å². The number of hydrogen-bond donors (Lipinski definition) is 1. The lowest BCUT2D eigenvalue weighted by Gasteiger charge is -2.30. The molecule has 4 nitrogen and oxygen atoms in total. The monoisotopic (exact) mass is 340 g/mol. The molecule has 2 aliphatic rings. The summed E-state index contributed by atoms with van der Waals surface area (Å²) in [6, 6.07) is 13.1. The van der Waals surface area contributed by atoms with Crippen LogP contribution in [0.15, 0.2) is 48.5 Å². The maximum atomic E-state index is 12.9. The Bertz CT molecular complexity index is 733. The molecule has 130 valence electrons. The van der Waals surface area contributed by atoms with Gasteiger partial charge in [0.05, 0.1) is 0 Å². The molecular formula is C20H21FN2O2. The molecule has 4 rings (SSSR count). The van der Waals surface area contributed by atoms with E-state index in [4.69, 9.17) is 4.74 Å². The number of piperidine rings is 1. The molecule has 1 N–H and O–H groups in total. The second-order valence-corrected chi connectivity index (χ2v) is 6.90. The van der Waals surface area contributed by atoms with Crippen molar-refractivity contribution in [3.05, 3.63) is 59.9 Å². The third kappa shape index (κ3) is 3.82. The maximum Gasteiger partial charge on any atom is 0.251 e. The quantitative estimate of drug-likeness (QED) is 0.927. The fourth-order valence-corrected chi connectivity index (χ4v) is 3.75. The number of carbonyl (C=O) groups is 1. The highest BCUT2D eigenvalue weighted by Gasteiger charge is 2.32. The first-order valence-corrected chi connectivity index (χ1v) is 8.72. The van der Waals surface area contributed by atoms with Crippen molar-refractivity contribution in [3.63, 3.8) is 0 Å². The van der Waals surface area contributed by atoms with Crippen molar-refractivity contribution in [2.45, 2.75) is 18.9 Å². The van der Waals surface area contributed by atoms with Crippen LogP contribution in [0.4, 0.5) is 4.39 Å². The van der Waals surface area contributed by atoms with Gasteiger partial charge in [-0.05, 0) is 73.8 Å². The average molecular weight is 340 g/mol. The smallest absolute Gasteiger partial charge is 0.251 e. The number of nitrogens with one attached hydrogen (secondary N) is 1. The van der Waals surface area contributed by atoms with E-state index in [2.05, 4.69) is 10.2 Å². The molecule has 5 heteroatoms. The van der Waals surface area contributed by atoms with Crippen LogP contribution in [0.25, 0.3) is 0 Å². The summed E-state index contributed by atoms with van der Waals surface area (Å²) in [5, 5.41) is 3.15. The van der Waals surface area contributed by atoms with Gasteiger partial charge in [-0.3, -0.25) is 4.79 Å². The molecule has 2 aromatic carbocycles. The number of nitrogens with zero attached hydrogens (tertiary/aromatic N) is 1. The molecule has 3 atom stereocenters. The Morgan fingerprint density at radius 2 is 1.72 bits per heavy atom. The molecule has 2 aromatic rings. The summed E-state index contributed by atoms with van der Waals surface area (Å²) >= 11 is 0. The Labute approximate surface area is 146 Å². The van der Waals surface area contributed by atoms with Gasteiger partial charge in [0.1, 0.15) is 17.3 Å². The van der Waals surface area contributed by atoms with Crippen LogP contribution in [0.5, 0.6) is 11.5 Å². The third-order valence-electron chi connectivity index (χ3n) is 4.97. The topological polar surface area (TPSA) is 41.6 Å². The molecule has 2 bridgehead atoms. The van der Waals surface area contributed by atoms with Gasteiger partial charge in [0.15, 0.2) is 0 Å². The molecular weight excluding hydrogens is 319 g/mol. The SMILES string of the molecule is O=C(N[C@@H]1C[C@@H]2CCN(C2)C1)c1ccc(Oc2ccc(F)cc2)cc1. The van der Waals surface area contributed by atoms with E-state index in [-0.39, 0.29) is 17.8 Å². The summed E-state index contributed by atoms with van der Waals surface area (Å²) < 4.78 is 18.6. The van der Waals surface area contributed by atoms with Gasteiger partial charge in [-0.25, -0.2) is 4.39 Å². The summed E-state index contributed by atoms with van der Waals surface area (Å²) in [6.07, 6.45) is 2.33. The van der Waals surface area contributed by atoms with E-state index < -0.39 is 0 Å². The Morgan fingerprint density at radius 3 is 2.40 bits per heavy atom. The Balaban J connectivity index is 1.36. The lowest BCUT2D eigenvalue weighted by Crippen LogP contribution is -2.46. The summed E-state index contributed by atoms with van der Waals surface area (Å²) in [6.45, 7) is 3.29.